The second kappa shape index (κ2) is 7.67. The second-order valence-electron chi connectivity index (χ2n) is 5.21. The zero-order valence-electron chi connectivity index (χ0n) is 12.5. The highest BCUT2D eigenvalue weighted by atomic mass is 16.5. The number of nitrogens with zero attached hydrogens (tertiary/aromatic N) is 1. The molecule has 6 nitrogen and oxygen atoms in total. The molecule has 1 unspecified atom stereocenters. The van der Waals surface area contributed by atoms with Gasteiger partial charge in [0.2, 0.25) is 0 Å². The average Bonchev–Trinajstić information content (AvgIpc) is 2.84. The van der Waals surface area contributed by atoms with Crippen LogP contribution in [0.25, 0.3) is 0 Å². The van der Waals surface area contributed by atoms with Gasteiger partial charge in [-0.25, -0.2) is 4.79 Å². The number of hydrogen-bond donors (Lipinski definition) is 2. The predicted octanol–water partition coefficient (Wildman–Crippen LogP) is 1.68. The van der Waals surface area contributed by atoms with Crippen molar-refractivity contribution in [3.05, 3.63) is 17.5 Å². The van der Waals surface area contributed by atoms with Crippen molar-refractivity contribution in [2.45, 2.75) is 46.6 Å². The highest BCUT2D eigenvalue weighted by molar-refractivity contribution is 5.90. The summed E-state index contributed by atoms with van der Waals surface area (Å²) in [5, 5.41) is 9.39. The first-order chi connectivity index (χ1) is 9.43. The molecule has 6 heteroatoms. The highest BCUT2D eigenvalue weighted by Crippen LogP contribution is 2.06. The maximum atomic E-state index is 11.8. The Labute approximate surface area is 119 Å². The van der Waals surface area contributed by atoms with E-state index in [-0.39, 0.29) is 11.6 Å². The number of amides is 1. The topological polar surface area (TPSA) is 84.1 Å². The predicted molar refractivity (Wildman–Crippen MR) is 75.3 cm³/mol. The zero-order chi connectivity index (χ0) is 15.1. The molecule has 1 amide bonds. The Bertz CT molecular complexity index is 454. The van der Waals surface area contributed by atoms with Gasteiger partial charge >= 0.3 is 5.97 Å². The first-order valence-electron chi connectivity index (χ1n) is 6.97. The van der Waals surface area contributed by atoms with Crippen LogP contribution in [0, 0.1) is 5.92 Å². The van der Waals surface area contributed by atoms with Crippen LogP contribution in [0.3, 0.4) is 0 Å². The first-order valence-corrected chi connectivity index (χ1v) is 6.97. The largest absolute Gasteiger partial charge is 0.448 e. The van der Waals surface area contributed by atoms with E-state index in [4.69, 9.17) is 4.74 Å². The van der Waals surface area contributed by atoms with Crippen LogP contribution in [0.1, 0.15) is 50.3 Å². The van der Waals surface area contributed by atoms with E-state index in [9.17, 15) is 9.59 Å². The van der Waals surface area contributed by atoms with Crippen molar-refractivity contribution in [2.24, 2.45) is 5.92 Å². The summed E-state index contributed by atoms with van der Waals surface area (Å²) < 4.78 is 5.09. The third-order valence-electron chi connectivity index (χ3n) is 2.70. The van der Waals surface area contributed by atoms with Crippen LogP contribution in [0.15, 0.2) is 6.07 Å². The van der Waals surface area contributed by atoms with E-state index in [1.54, 1.807) is 13.0 Å². The molecule has 1 rings (SSSR count). The molecule has 0 aliphatic rings. The molecule has 0 fully saturated rings. The van der Waals surface area contributed by atoms with E-state index in [1.165, 1.54) is 0 Å². The molecule has 0 aliphatic heterocycles. The Hall–Kier alpha value is -1.85. The minimum absolute atomic E-state index is 0.206. The van der Waals surface area contributed by atoms with Crippen LogP contribution >= 0.6 is 0 Å². The van der Waals surface area contributed by atoms with E-state index in [0.717, 1.165) is 18.5 Å². The summed E-state index contributed by atoms with van der Waals surface area (Å²) in [5.41, 5.74) is 1.09. The SMILES string of the molecule is CCCc1cc(C(=O)OC(C)C(=O)NCC(C)C)n[nH]1. The fourth-order valence-corrected chi connectivity index (χ4v) is 1.59. The number of carbonyl (C=O) groups is 2. The van der Waals surface area contributed by atoms with Crippen LogP contribution in [0.4, 0.5) is 0 Å². The molecular formula is C14H23N3O3. The minimum atomic E-state index is -0.826. The lowest BCUT2D eigenvalue weighted by molar-refractivity contribution is -0.129. The van der Waals surface area contributed by atoms with E-state index < -0.39 is 12.1 Å². The van der Waals surface area contributed by atoms with E-state index in [2.05, 4.69) is 15.5 Å². The number of nitrogens with one attached hydrogen (secondary N) is 2. The van der Waals surface area contributed by atoms with E-state index in [1.807, 2.05) is 20.8 Å². The number of carbonyl (C=O) groups excluding carboxylic acids is 2. The number of aromatic amines is 1. The number of H-pyrrole nitrogens is 1. The van der Waals surface area contributed by atoms with Gasteiger partial charge in [-0.05, 0) is 25.3 Å². The molecule has 0 radical (unpaired) electrons. The van der Waals surface area contributed by atoms with Crippen molar-refractivity contribution in [1.82, 2.24) is 15.5 Å². The molecule has 0 aliphatic carbocycles. The third kappa shape index (κ3) is 5.03. The van der Waals surface area contributed by atoms with Gasteiger partial charge in [0.05, 0.1) is 0 Å². The van der Waals surface area contributed by atoms with Crippen LogP contribution < -0.4 is 5.32 Å². The maximum Gasteiger partial charge on any atom is 0.359 e. The molecule has 0 saturated carbocycles. The minimum Gasteiger partial charge on any atom is -0.448 e. The Morgan fingerprint density at radius 2 is 2.10 bits per heavy atom. The number of ether oxygens (including phenoxy) is 1. The Morgan fingerprint density at radius 1 is 1.40 bits per heavy atom. The molecule has 0 bridgehead atoms. The van der Waals surface area contributed by atoms with Crippen LogP contribution in [0.2, 0.25) is 0 Å². The lowest BCUT2D eigenvalue weighted by Crippen LogP contribution is -2.37. The fourth-order valence-electron chi connectivity index (χ4n) is 1.59. The van der Waals surface area contributed by atoms with Crippen LogP contribution in [0.5, 0.6) is 0 Å². The molecule has 1 atom stereocenters. The summed E-state index contributed by atoms with van der Waals surface area (Å²) in [7, 11) is 0. The van der Waals surface area contributed by atoms with Gasteiger partial charge in [0.15, 0.2) is 11.8 Å². The molecule has 0 spiro atoms. The summed E-state index contributed by atoms with van der Waals surface area (Å²) in [6.07, 6.45) is 0.961. The normalized spacial score (nSPS) is 12.2. The monoisotopic (exact) mass is 281 g/mol. The first kappa shape index (κ1) is 16.2. The molecule has 112 valence electrons. The fraction of sp³-hybridized carbons (Fsp3) is 0.643. The van der Waals surface area contributed by atoms with E-state index >= 15 is 0 Å². The van der Waals surface area contributed by atoms with Gasteiger partial charge in [-0.2, -0.15) is 5.10 Å². The molecule has 1 aromatic rings. The van der Waals surface area contributed by atoms with Crippen molar-refractivity contribution in [3.8, 4) is 0 Å². The van der Waals surface area contributed by atoms with Gasteiger partial charge in [-0.1, -0.05) is 27.2 Å². The van der Waals surface area contributed by atoms with Crippen molar-refractivity contribution < 1.29 is 14.3 Å². The number of aromatic nitrogens is 2. The van der Waals surface area contributed by atoms with Crippen molar-refractivity contribution in [3.63, 3.8) is 0 Å². The molecule has 0 saturated heterocycles. The molecule has 1 heterocycles. The van der Waals surface area contributed by atoms with Gasteiger partial charge in [0, 0.05) is 12.2 Å². The smallest absolute Gasteiger partial charge is 0.359 e. The standard InChI is InChI=1S/C14H23N3O3/c1-5-6-11-7-12(17-16-11)14(19)20-10(4)13(18)15-8-9(2)3/h7,9-10H,5-6,8H2,1-4H3,(H,15,18)(H,16,17). The van der Waals surface area contributed by atoms with Crippen molar-refractivity contribution in [1.29, 1.82) is 0 Å². The number of aryl methyl sites for hydroxylation is 1. The number of esters is 1. The van der Waals surface area contributed by atoms with Gasteiger partial charge in [-0.15, -0.1) is 0 Å². The lowest BCUT2D eigenvalue weighted by Gasteiger charge is -2.13. The Kier molecular flexibility index (Phi) is 6.21. The average molecular weight is 281 g/mol. The maximum absolute atomic E-state index is 11.8. The van der Waals surface area contributed by atoms with Gasteiger partial charge in [0.25, 0.3) is 5.91 Å². The van der Waals surface area contributed by atoms with Gasteiger partial charge in [-0.3, -0.25) is 9.89 Å². The third-order valence-corrected chi connectivity index (χ3v) is 2.70. The number of hydrogen-bond acceptors (Lipinski definition) is 4. The Balaban J connectivity index is 2.49. The highest BCUT2D eigenvalue weighted by Gasteiger charge is 2.20. The summed E-state index contributed by atoms with van der Waals surface area (Å²) in [6, 6.07) is 1.66. The van der Waals surface area contributed by atoms with Gasteiger partial charge < -0.3 is 10.1 Å². The van der Waals surface area contributed by atoms with Crippen LogP contribution in [-0.2, 0) is 16.0 Å². The molecular weight excluding hydrogens is 258 g/mol. The summed E-state index contributed by atoms with van der Waals surface area (Å²) in [6.45, 7) is 8.14. The zero-order valence-corrected chi connectivity index (χ0v) is 12.5. The number of rotatable bonds is 7. The molecule has 1 aromatic heterocycles. The summed E-state index contributed by atoms with van der Waals surface area (Å²) in [5.74, 6) is -0.531. The molecule has 0 aromatic carbocycles. The second-order valence-corrected chi connectivity index (χ2v) is 5.21. The molecule has 2 N–H and O–H groups in total. The van der Waals surface area contributed by atoms with E-state index in [0.29, 0.717) is 12.5 Å². The van der Waals surface area contributed by atoms with Crippen LogP contribution in [-0.4, -0.2) is 34.7 Å². The summed E-state index contributed by atoms with van der Waals surface area (Å²) in [4.78, 5) is 23.5. The Morgan fingerprint density at radius 3 is 2.70 bits per heavy atom. The van der Waals surface area contributed by atoms with Crippen molar-refractivity contribution >= 4 is 11.9 Å². The van der Waals surface area contributed by atoms with Gasteiger partial charge in [0.1, 0.15) is 0 Å². The van der Waals surface area contributed by atoms with Crippen molar-refractivity contribution in [2.75, 3.05) is 6.54 Å². The lowest BCUT2D eigenvalue weighted by atomic mass is 10.2. The molecule has 20 heavy (non-hydrogen) atoms. The quantitative estimate of drug-likeness (QED) is 0.745. The summed E-state index contributed by atoms with van der Waals surface area (Å²) >= 11 is 0.